The van der Waals surface area contributed by atoms with E-state index in [2.05, 4.69) is 20.7 Å². The Hall–Kier alpha value is -2.98. The van der Waals surface area contributed by atoms with Gasteiger partial charge in [0.1, 0.15) is 21.2 Å². The number of fused-ring (bicyclic) bond motifs is 1. The van der Waals surface area contributed by atoms with Crippen molar-refractivity contribution in [2.45, 2.75) is 38.3 Å². The summed E-state index contributed by atoms with van der Waals surface area (Å²) in [7, 11) is 0. The number of thiophene rings is 1. The number of nitrogens with one attached hydrogen (secondary N) is 2. The second kappa shape index (κ2) is 7.93. The van der Waals surface area contributed by atoms with E-state index in [1.165, 1.54) is 11.8 Å². The van der Waals surface area contributed by atoms with Crippen molar-refractivity contribution in [1.82, 2.24) is 25.7 Å². The Morgan fingerprint density at radius 1 is 1.19 bits per heavy atom. The predicted octanol–water partition coefficient (Wildman–Crippen LogP) is 3.21. The van der Waals surface area contributed by atoms with Crippen molar-refractivity contribution in [3.63, 3.8) is 0 Å². The number of carbonyl (C=O) groups is 3. The maximum Gasteiger partial charge on any atom is 0.344 e. The Bertz CT molecular complexity index is 1210. The number of urea groups is 1. The van der Waals surface area contributed by atoms with Crippen LogP contribution in [0, 0.1) is 20.8 Å². The summed E-state index contributed by atoms with van der Waals surface area (Å²) < 4.78 is 0. The third-order valence-corrected chi connectivity index (χ3v) is 7.30. The van der Waals surface area contributed by atoms with Crippen LogP contribution in [-0.2, 0) is 15.1 Å². The third-order valence-electron chi connectivity index (χ3n) is 5.23. The molecule has 0 unspecified atom stereocenters. The van der Waals surface area contributed by atoms with Crippen LogP contribution in [0.4, 0.5) is 4.79 Å². The van der Waals surface area contributed by atoms with Gasteiger partial charge in [0.2, 0.25) is 5.91 Å². The summed E-state index contributed by atoms with van der Waals surface area (Å²) >= 11 is 2.85. The van der Waals surface area contributed by atoms with E-state index >= 15 is 0 Å². The summed E-state index contributed by atoms with van der Waals surface area (Å²) in [4.78, 5) is 48.9. The van der Waals surface area contributed by atoms with Crippen LogP contribution >= 0.6 is 23.1 Å². The van der Waals surface area contributed by atoms with E-state index in [-0.39, 0.29) is 5.75 Å². The number of aryl methyl sites for hydroxylation is 3. The molecule has 1 fully saturated rings. The molecule has 4 amide bonds. The van der Waals surface area contributed by atoms with Crippen molar-refractivity contribution < 1.29 is 14.4 Å². The molecule has 2 aromatic heterocycles. The standard InChI is InChI=1S/C21H21N5O3S2/c1-11-12(2)31-18-16(11)17(22-13(3)23-18)30-10-15(27)25-26-19(28)21(4,24-20(26)29)14-8-6-5-7-9-14/h5-9H,10H2,1-4H3,(H,24,29)(H,25,27)/t21-/m0/s1. The fraction of sp³-hybridized carbons (Fsp3) is 0.286. The topological polar surface area (TPSA) is 104 Å². The van der Waals surface area contributed by atoms with Gasteiger partial charge in [-0.1, -0.05) is 42.1 Å². The first-order valence-electron chi connectivity index (χ1n) is 9.59. The number of rotatable bonds is 5. The number of carbonyl (C=O) groups excluding carboxylic acids is 3. The number of nitrogens with zero attached hydrogens (tertiary/aromatic N) is 3. The predicted molar refractivity (Wildman–Crippen MR) is 120 cm³/mol. The lowest BCUT2D eigenvalue weighted by Crippen LogP contribution is -2.48. The minimum absolute atomic E-state index is 0.000993. The lowest BCUT2D eigenvalue weighted by Gasteiger charge is -2.22. The van der Waals surface area contributed by atoms with Gasteiger partial charge in [-0.15, -0.1) is 11.3 Å². The fourth-order valence-corrected chi connectivity index (χ4v) is 5.48. The Kier molecular flexibility index (Phi) is 5.44. The number of hydrogen-bond acceptors (Lipinski definition) is 7. The molecule has 0 saturated carbocycles. The number of aromatic nitrogens is 2. The fourth-order valence-electron chi connectivity index (χ4n) is 3.42. The van der Waals surface area contributed by atoms with Gasteiger partial charge in [0, 0.05) is 10.3 Å². The van der Waals surface area contributed by atoms with Crippen LogP contribution in [-0.4, -0.2) is 38.6 Å². The summed E-state index contributed by atoms with van der Waals surface area (Å²) in [6.45, 7) is 7.46. The van der Waals surface area contributed by atoms with Gasteiger partial charge in [-0.25, -0.2) is 14.8 Å². The van der Waals surface area contributed by atoms with Crippen LogP contribution in [0.15, 0.2) is 35.4 Å². The SMILES string of the molecule is Cc1nc(SCC(=O)NN2C(=O)N[C@@](C)(c3ccccc3)C2=O)c2c(C)c(C)sc2n1. The van der Waals surface area contributed by atoms with Crippen LogP contribution in [0.1, 0.15) is 28.8 Å². The largest absolute Gasteiger partial charge is 0.344 e. The molecule has 8 nitrogen and oxygen atoms in total. The number of hydrazine groups is 1. The van der Waals surface area contributed by atoms with Gasteiger partial charge in [0.25, 0.3) is 5.91 Å². The Morgan fingerprint density at radius 2 is 1.90 bits per heavy atom. The van der Waals surface area contributed by atoms with Crippen molar-refractivity contribution in [1.29, 1.82) is 0 Å². The summed E-state index contributed by atoms with van der Waals surface area (Å²) in [5.41, 5.74) is 2.92. The first-order valence-corrected chi connectivity index (χ1v) is 11.4. The molecule has 1 atom stereocenters. The molecule has 0 bridgehead atoms. The maximum absolute atomic E-state index is 12.9. The van der Waals surface area contributed by atoms with Crippen molar-refractivity contribution in [2.24, 2.45) is 0 Å². The van der Waals surface area contributed by atoms with Crippen molar-refractivity contribution >= 4 is 51.2 Å². The second-order valence-corrected chi connectivity index (χ2v) is 9.59. The van der Waals surface area contributed by atoms with Crippen LogP contribution in [0.2, 0.25) is 0 Å². The quantitative estimate of drug-likeness (QED) is 0.348. The van der Waals surface area contributed by atoms with E-state index < -0.39 is 23.4 Å². The van der Waals surface area contributed by atoms with E-state index in [0.717, 1.165) is 25.7 Å². The normalized spacial score (nSPS) is 18.5. The average Bonchev–Trinajstić information content (AvgIpc) is 3.14. The number of benzene rings is 1. The monoisotopic (exact) mass is 455 g/mol. The van der Waals surface area contributed by atoms with Gasteiger partial charge in [0.05, 0.1) is 5.75 Å². The average molecular weight is 456 g/mol. The van der Waals surface area contributed by atoms with Gasteiger partial charge in [-0.3, -0.25) is 15.0 Å². The van der Waals surface area contributed by atoms with Crippen LogP contribution in [0.25, 0.3) is 10.2 Å². The van der Waals surface area contributed by atoms with E-state index in [1.54, 1.807) is 42.5 Å². The zero-order valence-corrected chi connectivity index (χ0v) is 19.1. The highest BCUT2D eigenvalue weighted by Crippen LogP contribution is 2.35. The van der Waals surface area contributed by atoms with Gasteiger partial charge in [-0.2, -0.15) is 5.01 Å². The van der Waals surface area contributed by atoms with Crippen LogP contribution < -0.4 is 10.7 Å². The molecule has 1 aliphatic heterocycles. The minimum atomic E-state index is -1.24. The highest BCUT2D eigenvalue weighted by atomic mass is 32.2. The van der Waals surface area contributed by atoms with Gasteiger partial charge >= 0.3 is 6.03 Å². The van der Waals surface area contributed by atoms with Crippen molar-refractivity contribution in [3.05, 3.63) is 52.2 Å². The van der Waals surface area contributed by atoms with E-state index in [9.17, 15) is 14.4 Å². The molecule has 4 rings (SSSR count). The first kappa shape index (κ1) is 21.3. The van der Waals surface area contributed by atoms with E-state index in [4.69, 9.17) is 0 Å². The zero-order chi connectivity index (χ0) is 22.3. The molecular formula is C21H21N5O3S2. The number of hydrogen-bond donors (Lipinski definition) is 2. The molecule has 0 aliphatic carbocycles. The third kappa shape index (κ3) is 3.77. The molecule has 0 radical (unpaired) electrons. The summed E-state index contributed by atoms with van der Waals surface area (Å²) in [5, 5.41) is 5.07. The lowest BCUT2D eigenvalue weighted by molar-refractivity contribution is -0.138. The molecule has 31 heavy (non-hydrogen) atoms. The molecule has 160 valence electrons. The highest BCUT2D eigenvalue weighted by molar-refractivity contribution is 8.00. The molecular weight excluding hydrogens is 434 g/mol. The number of amides is 4. The summed E-state index contributed by atoms with van der Waals surface area (Å²) in [6.07, 6.45) is 0. The summed E-state index contributed by atoms with van der Waals surface area (Å²) in [5.74, 6) is -0.380. The number of thioether (sulfide) groups is 1. The molecule has 10 heteroatoms. The molecule has 1 aromatic carbocycles. The molecule has 3 aromatic rings. The Balaban J connectivity index is 1.48. The highest BCUT2D eigenvalue weighted by Gasteiger charge is 2.49. The van der Waals surface area contributed by atoms with Gasteiger partial charge in [-0.05, 0) is 38.8 Å². The molecule has 3 heterocycles. The van der Waals surface area contributed by atoms with E-state index in [1.807, 2.05) is 26.8 Å². The zero-order valence-electron chi connectivity index (χ0n) is 17.5. The van der Waals surface area contributed by atoms with E-state index in [0.29, 0.717) is 16.4 Å². The molecule has 2 N–H and O–H groups in total. The smallest absolute Gasteiger partial charge is 0.318 e. The van der Waals surface area contributed by atoms with Gasteiger partial charge < -0.3 is 5.32 Å². The lowest BCUT2D eigenvalue weighted by atomic mass is 9.92. The maximum atomic E-state index is 12.9. The Morgan fingerprint density at radius 3 is 2.61 bits per heavy atom. The number of imide groups is 1. The Labute approximate surface area is 187 Å². The minimum Gasteiger partial charge on any atom is -0.318 e. The first-order chi connectivity index (χ1) is 14.7. The molecule has 0 spiro atoms. The second-order valence-electron chi connectivity index (χ2n) is 7.42. The molecule has 1 aliphatic rings. The van der Waals surface area contributed by atoms with Crippen LogP contribution in [0.5, 0.6) is 0 Å². The van der Waals surface area contributed by atoms with Crippen molar-refractivity contribution in [3.8, 4) is 0 Å². The molecule has 1 saturated heterocycles. The van der Waals surface area contributed by atoms with Gasteiger partial charge in [0.15, 0.2) is 0 Å². The van der Waals surface area contributed by atoms with Crippen LogP contribution in [0.3, 0.4) is 0 Å². The van der Waals surface area contributed by atoms with Crippen molar-refractivity contribution in [2.75, 3.05) is 5.75 Å². The summed E-state index contributed by atoms with van der Waals surface area (Å²) in [6, 6.07) is 8.25.